The van der Waals surface area contributed by atoms with Crippen molar-refractivity contribution in [2.75, 3.05) is 0 Å². The number of fused-ring (bicyclic) bond motifs is 9. The lowest BCUT2D eigenvalue weighted by Gasteiger charge is -2.10. The van der Waals surface area contributed by atoms with Crippen LogP contribution in [0.2, 0.25) is 0 Å². The lowest BCUT2D eigenvalue weighted by atomic mass is 10.1. The van der Waals surface area contributed by atoms with Gasteiger partial charge in [-0.25, -0.2) is 0 Å². The number of furan rings is 2. The Hall–Kier alpha value is -5.22. The van der Waals surface area contributed by atoms with E-state index < -0.39 is 0 Å². The number of hydrogen-bond donors (Lipinski definition) is 0. The molecule has 0 amide bonds. The van der Waals surface area contributed by atoms with E-state index in [-0.39, 0.29) is 0 Å². The molecule has 4 heterocycles. The molecule has 0 atom stereocenters. The van der Waals surface area contributed by atoms with Gasteiger partial charge >= 0.3 is 0 Å². The van der Waals surface area contributed by atoms with E-state index in [1.54, 1.807) is 6.26 Å². The van der Waals surface area contributed by atoms with E-state index in [9.17, 15) is 0 Å². The van der Waals surface area contributed by atoms with E-state index in [2.05, 4.69) is 112 Å². The summed E-state index contributed by atoms with van der Waals surface area (Å²) in [4.78, 5) is 0. The molecule has 0 saturated heterocycles. The second kappa shape index (κ2) is 7.17. The summed E-state index contributed by atoms with van der Waals surface area (Å²) >= 11 is 0. The molecule has 4 heteroatoms. The van der Waals surface area contributed by atoms with E-state index in [1.807, 2.05) is 12.1 Å². The second-order valence-electron chi connectivity index (χ2n) is 9.83. The Bertz CT molecular complexity index is 2310. The number of hydrogen-bond acceptors (Lipinski definition) is 2. The monoisotopic (exact) mass is 488 g/mol. The maximum Gasteiger partial charge on any atom is 0.298 e. The highest BCUT2D eigenvalue weighted by atomic mass is 16.5. The molecule has 0 fully saturated rings. The van der Waals surface area contributed by atoms with Crippen molar-refractivity contribution in [1.82, 2.24) is 9.13 Å². The van der Waals surface area contributed by atoms with Crippen LogP contribution in [-0.2, 0) is 0 Å². The largest absolute Gasteiger partial charge is 0.433 e. The minimum absolute atomic E-state index is 0.565. The Morgan fingerprint density at radius 2 is 0.947 bits per heavy atom. The van der Waals surface area contributed by atoms with Crippen molar-refractivity contribution >= 4 is 65.7 Å². The minimum atomic E-state index is 0.565. The molecule has 0 radical (unpaired) electrons. The molecule has 9 aromatic rings. The van der Waals surface area contributed by atoms with Crippen molar-refractivity contribution in [1.29, 1.82) is 0 Å². The van der Waals surface area contributed by atoms with Crippen LogP contribution in [0.15, 0.2) is 130 Å². The SMILES string of the molecule is c1ccc2c(c1)c1ccccc1n2-c1ccc2c(c1)c1ccccc1n2-c1ccc2oc3occc3c2c1. The van der Waals surface area contributed by atoms with Gasteiger partial charge in [0.1, 0.15) is 5.58 Å². The molecule has 9 rings (SSSR count). The van der Waals surface area contributed by atoms with Gasteiger partial charge < -0.3 is 18.0 Å². The van der Waals surface area contributed by atoms with Crippen LogP contribution in [-0.4, -0.2) is 9.13 Å². The molecule has 0 aliphatic carbocycles. The lowest BCUT2D eigenvalue weighted by molar-refractivity contribution is 0.499. The van der Waals surface area contributed by atoms with Gasteiger partial charge in [0.25, 0.3) is 5.78 Å². The van der Waals surface area contributed by atoms with Gasteiger partial charge in [-0.1, -0.05) is 54.6 Å². The van der Waals surface area contributed by atoms with Gasteiger partial charge in [-0.15, -0.1) is 0 Å². The first-order valence-corrected chi connectivity index (χ1v) is 12.8. The maximum absolute atomic E-state index is 5.89. The van der Waals surface area contributed by atoms with Gasteiger partial charge in [-0.2, -0.15) is 0 Å². The molecule has 0 saturated carbocycles. The fraction of sp³-hybridized carbons (Fsp3) is 0. The molecule has 4 nitrogen and oxygen atoms in total. The Morgan fingerprint density at radius 1 is 0.421 bits per heavy atom. The maximum atomic E-state index is 5.89. The van der Waals surface area contributed by atoms with Crippen molar-refractivity contribution in [3.63, 3.8) is 0 Å². The molecule has 0 unspecified atom stereocenters. The highest BCUT2D eigenvalue weighted by molar-refractivity contribution is 6.12. The van der Waals surface area contributed by atoms with E-state index in [0.29, 0.717) is 5.78 Å². The third kappa shape index (κ3) is 2.53. The average molecular weight is 489 g/mol. The average Bonchev–Trinajstić information content (AvgIpc) is 3.72. The van der Waals surface area contributed by atoms with Crippen molar-refractivity contribution < 1.29 is 8.83 Å². The van der Waals surface area contributed by atoms with Crippen molar-refractivity contribution in [2.24, 2.45) is 0 Å². The number of aromatic nitrogens is 2. The van der Waals surface area contributed by atoms with Crippen LogP contribution in [0.25, 0.3) is 77.1 Å². The molecule has 0 aliphatic rings. The minimum Gasteiger partial charge on any atom is -0.433 e. The van der Waals surface area contributed by atoms with Crippen LogP contribution in [0.5, 0.6) is 0 Å². The van der Waals surface area contributed by atoms with Crippen molar-refractivity contribution in [2.45, 2.75) is 0 Å². The molecular weight excluding hydrogens is 468 g/mol. The summed E-state index contributed by atoms with van der Waals surface area (Å²) in [6.07, 6.45) is 1.68. The number of rotatable bonds is 2. The molecule has 5 aromatic carbocycles. The third-order valence-electron chi connectivity index (χ3n) is 7.84. The van der Waals surface area contributed by atoms with Gasteiger partial charge in [-0.05, 0) is 60.7 Å². The Labute approximate surface area is 216 Å². The summed E-state index contributed by atoms with van der Waals surface area (Å²) < 4.78 is 16.1. The Morgan fingerprint density at radius 3 is 1.61 bits per heavy atom. The van der Waals surface area contributed by atoms with Crippen LogP contribution in [0.3, 0.4) is 0 Å². The molecule has 0 N–H and O–H groups in total. The molecule has 0 bridgehead atoms. The Balaban J connectivity index is 1.35. The van der Waals surface area contributed by atoms with Crippen molar-refractivity contribution in [3.05, 3.63) is 122 Å². The van der Waals surface area contributed by atoms with Crippen molar-refractivity contribution in [3.8, 4) is 11.4 Å². The molecular formula is C34H20N2O2. The molecule has 0 aliphatic heterocycles. The topological polar surface area (TPSA) is 36.1 Å². The normalized spacial score (nSPS) is 12.2. The van der Waals surface area contributed by atoms with Crippen LogP contribution < -0.4 is 0 Å². The quantitative estimate of drug-likeness (QED) is 0.243. The van der Waals surface area contributed by atoms with Crippen LogP contribution in [0.1, 0.15) is 0 Å². The van der Waals surface area contributed by atoms with Gasteiger partial charge in [0, 0.05) is 38.3 Å². The predicted octanol–water partition coefficient (Wildman–Crippen LogP) is 9.37. The van der Waals surface area contributed by atoms with E-state index >= 15 is 0 Å². The molecule has 178 valence electrons. The Kier molecular flexibility index (Phi) is 3.76. The zero-order valence-corrected chi connectivity index (χ0v) is 20.3. The fourth-order valence-corrected chi connectivity index (χ4v) is 6.21. The lowest BCUT2D eigenvalue weighted by Crippen LogP contribution is -1.95. The summed E-state index contributed by atoms with van der Waals surface area (Å²) in [5, 5.41) is 7.04. The first kappa shape index (κ1) is 19.9. The summed E-state index contributed by atoms with van der Waals surface area (Å²) in [6, 6.07) is 41.1. The molecule has 0 spiro atoms. The van der Waals surface area contributed by atoms with Crippen LogP contribution >= 0.6 is 0 Å². The number of para-hydroxylation sites is 3. The first-order chi connectivity index (χ1) is 18.8. The number of benzene rings is 5. The summed E-state index contributed by atoms with van der Waals surface area (Å²) in [6.45, 7) is 0. The zero-order chi connectivity index (χ0) is 24.8. The summed E-state index contributed by atoms with van der Waals surface area (Å²) in [5.74, 6) is 0.565. The van der Waals surface area contributed by atoms with Gasteiger partial charge in [0.15, 0.2) is 0 Å². The second-order valence-corrected chi connectivity index (χ2v) is 9.83. The predicted molar refractivity (Wildman–Crippen MR) is 155 cm³/mol. The fourth-order valence-electron chi connectivity index (χ4n) is 6.21. The molecule has 38 heavy (non-hydrogen) atoms. The highest BCUT2D eigenvalue weighted by Gasteiger charge is 2.17. The molecule has 4 aromatic heterocycles. The summed E-state index contributed by atoms with van der Waals surface area (Å²) in [5.41, 5.74) is 7.85. The first-order valence-electron chi connectivity index (χ1n) is 12.8. The smallest absolute Gasteiger partial charge is 0.298 e. The summed E-state index contributed by atoms with van der Waals surface area (Å²) in [7, 11) is 0. The standard InChI is InChI=1S/C34H20N2O2/c1-4-10-29-23(7-1)24-8-2-5-11-30(24)35(29)21-13-15-32-27(19-21)25-9-3-6-12-31(25)36(32)22-14-16-33-28(20-22)26-17-18-37-34(26)38-33/h1-20H. The third-order valence-corrected chi connectivity index (χ3v) is 7.84. The van der Waals surface area contributed by atoms with Gasteiger partial charge in [0.05, 0.1) is 33.7 Å². The number of nitrogens with zero attached hydrogens (tertiary/aromatic N) is 2. The van der Waals surface area contributed by atoms with Gasteiger partial charge in [-0.3, -0.25) is 0 Å². The van der Waals surface area contributed by atoms with Crippen LogP contribution in [0.4, 0.5) is 0 Å². The highest BCUT2D eigenvalue weighted by Crippen LogP contribution is 2.38. The van der Waals surface area contributed by atoms with Crippen LogP contribution in [0, 0.1) is 0 Å². The van der Waals surface area contributed by atoms with Gasteiger partial charge in [0.2, 0.25) is 0 Å². The van der Waals surface area contributed by atoms with E-state index in [4.69, 9.17) is 8.83 Å². The van der Waals surface area contributed by atoms with E-state index in [0.717, 1.165) is 27.7 Å². The van der Waals surface area contributed by atoms with E-state index in [1.165, 1.54) is 43.6 Å². The zero-order valence-electron chi connectivity index (χ0n) is 20.3.